The quantitative estimate of drug-likeness (QED) is 0.0443. The number of hydrogen-bond donors (Lipinski definition) is 9. The molecule has 2 aromatic carbocycles. The molecule has 1 saturated heterocycles. The van der Waals surface area contributed by atoms with Gasteiger partial charge in [-0.25, -0.2) is 4.79 Å². The Morgan fingerprint density at radius 3 is 2.50 bits per heavy atom. The van der Waals surface area contributed by atoms with Gasteiger partial charge in [0.2, 0.25) is 5.78 Å². The molecule has 15 unspecified atom stereocenters. The van der Waals surface area contributed by atoms with Gasteiger partial charge in [0, 0.05) is 59.0 Å². The minimum absolute atomic E-state index is 0.0651. The van der Waals surface area contributed by atoms with Gasteiger partial charge in [0.05, 0.1) is 25.0 Å². The molecule has 0 radical (unpaired) electrons. The zero-order valence-corrected chi connectivity index (χ0v) is 54.9. The van der Waals surface area contributed by atoms with Crippen LogP contribution < -0.4 is 32.3 Å². The highest BCUT2D eigenvalue weighted by Gasteiger charge is 2.86. The number of rotatable bonds is 11. The molecule has 92 heavy (non-hydrogen) atoms. The highest BCUT2D eigenvalue weighted by Crippen LogP contribution is 2.64. The Morgan fingerprint density at radius 2 is 1.68 bits per heavy atom. The lowest BCUT2D eigenvalue weighted by Crippen LogP contribution is -2.67. The number of aliphatic hydroxyl groups excluding tert-OH is 2. The summed E-state index contributed by atoms with van der Waals surface area (Å²) in [5, 5.41) is 54.7. The Hall–Kier alpha value is -5.61. The van der Waals surface area contributed by atoms with Crippen LogP contribution in [0.15, 0.2) is 124 Å². The molecule has 7 aliphatic carbocycles. The van der Waals surface area contributed by atoms with E-state index in [-0.39, 0.29) is 77.0 Å². The minimum Gasteiger partial charge on any atom is -0.508 e. The zero-order valence-electron chi connectivity index (χ0n) is 54.9. The molecule has 14 heteroatoms. The molecule has 15 atom stereocenters. The molecule has 10 N–H and O–H groups in total. The number of esters is 1. The summed E-state index contributed by atoms with van der Waals surface area (Å²) in [6, 6.07) is 13.3. The van der Waals surface area contributed by atoms with Gasteiger partial charge in [-0.3, -0.25) is 9.59 Å². The van der Waals surface area contributed by atoms with E-state index in [1.54, 1.807) is 12.1 Å². The number of phenols is 1. The predicted octanol–water partition coefficient (Wildman–Crippen LogP) is 11.8. The van der Waals surface area contributed by atoms with Gasteiger partial charge in [-0.1, -0.05) is 125 Å². The van der Waals surface area contributed by atoms with E-state index in [0.717, 1.165) is 118 Å². The number of fused-ring (bicyclic) bond motifs is 3. The molecule has 0 aromatic heterocycles. The van der Waals surface area contributed by atoms with Gasteiger partial charge in [-0.15, -0.1) is 0 Å². The van der Waals surface area contributed by atoms with Crippen LogP contribution in [0.4, 0.5) is 0 Å². The van der Waals surface area contributed by atoms with Crippen LogP contribution in [0, 0.1) is 52.3 Å². The Balaban J connectivity index is 0.876. The first-order valence-corrected chi connectivity index (χ1v) is 36.1. The molecule has 492 valence electrons. The number of carbonyl (C=O) groups is 3. The van der Waals surface area contributed by atoms with Gasteiger partial charge in [0.15, 0.2) is 11.4 Å². The second-order valence-electron chi connectivity index (χ2n) is 31.8. The molecule has 0 amide bonds. The number of dihydropyridines is 2. The number of nitrogens with one attached hydrogen (secondary N) is 5. The first-order chi connectivity index (χ1) is 44.6. The van der Waals surface area contributed by atoms with Crippen molar-refractivity contribution < 1.29 is 39.2 Å². The number of phenolic OH excluding ortho intramolecular Hbond substituents is 1. The summed E-state index contributed by atoms with van der Waals surface area (Å²) in [7, 11) is 2.06. The number of carbonyl (C=O) groups excluding carboxylic acids is 3. The number of aliphatic hydroxyl groups is 2. The summed E-state index contributed by atoms with van der Waals surface area (Å²) >= 11 is 0. The monoisotopic (exact) mass is 1250 g/mol. The Bertz CT molecular complexity index is 3490. The molecule has 6 aliphatic heterocycles. The number of ether oxygens (including phenoxy) is 2. The van der Waals surface area contributed by atoms with Gasteiger partial charge in [0.25, 0.3) is 5.60 Å². The molecule has 2 aromatic rings. The number of allylic oxidation sites excluding steroid dienone is 8. The molecule has 5 fully saturated rings. The minimum atomic E-state index is -2.32. The number of hydrogen-bond acceptors (Lipinski definition) is 14. The Labute approximate surface area is 545 Å². The maximum atomic E-state index is 16.8. The smallest absolute Gasteiger partial charge is 0.350 e. The van der Waals surface area contributed by atoms with Crippen molar-refractivity contribution in [3.8, 4) is 5.75 Å². The fourth-order valence-corrected chi connectivity index (χ4v) is 21.5. The van der Waals surface area contributed by atoms with Crippen molar-refractivity contribution in [1.29, 1.82) is 0 Å². The van der Waals surface area contributed by atoms with Crippen molar-refractivity contribution in [3.63, 3.8) is 0 Å². The van der Waals surface area contributed by atoms with E-state index in [9.17, 15) is 15.3 Å². The van der Waals surface area contributed by atoms with Crippen LogP contribution >= 0.6 is 0 Å². The zero-order chi connectivity index (χ0) is 63.3. The lowest BCUT2D eigenvalue weighted by molar-refractivity contribution is -0.180. The van der Waals surface area contributed by atoms with E-state index in [2.05, 4.69) is 83.2 Å². The normalized spacial score (nSPS) is 38.2. The van der Waals surface area contributed by atoms with Crippen LogP contribution in [0.3, 0.4) is 0 Å². The third-order valence-electron chi connectivity index (χ3n) is 26.3. The van der Waals surface area contributed by atoms with Gasteiger partial charge < -0.3 is 57.1 Å². The standard InChI is InChI=1S/C78H102N6O8/c1-46(24-25-50-26-30-81-71-64(50)41-75(72(80-3)84-71)28-9-5-10-29-75)55(45-85)40-77-68(88)58-23-14-21-53-38-74(2)27-11-8-17-49-18-12-20-52-39-76(83-44-47-15-6-4-7-16-47)42-63-54(34-60(51-19-13-22-56(86)32-51)62-31-48(37-74)43-82-70(62)79)33-57(87)35-61(63)67(65(76)36-59(49)52)91-73(90)78(77,92-77)69(89)66(53)58/h12-14,19-23,26,31-32,39,43,47,49,54,57,59-61,63,65,67,70,72,80-87H,4-11,15-18,24-25,27-30,33-38,40-42,44-45,79H2,1-3H3. The number of nitrogens with two attached hydrogens (primary N) is 1. The SMILES string of the molecule is CNC1NC2=C(CC13CCCCC3)C(CCC(C)=C(CO)CC13OC14C(=O)OC1C5CC(O)CC6CC(c7cccc(O)c7)C7=CC(=CNC7N)CC(C)(CCCCC7CC=CC8=CC(NCC9CCCCC9)(CC65)C1CC87)Cc1cccc(c1C4=O)C3=O)=CCN2. The van der Waals surface area contributed by atoms with Crippen molar-refractivity contribution in [3.05, 3.63) is 146 Å². The van der Waals surface area contributed by atoms with Crippen molar-refractivity contribution in [2.75, 3.05) is 26.7 Å². The molecule has 13 aliphatic rings. The summed E-state index contributed by atoms with van der Waals surface area (Å²) in [5.74, 6) is -0.305. The van der Waals surface area contributed by atoms with Gasteiger partial charge in [-0.2, -0.15) is 0 Å². The summed E-state index contributed by atoms with van der Waals surface area (Å²) < 4.78 is 14.6. The van der Waals surface area contributed by atoms with Crippen molar-refractivity contribution in [2.45, 2.75) is 228 Å². The fraction of sp³-hybridized carbons (Fsp3) is 0.628. The van der Waals surface area contributed by atoms with E-state index in [1.165, 1.54) is 55.2 Å². The Kier molecular flexibility index (Phi) is 16.7. The summed E-state index contributed by atoms with van der Waals surface area (Å²) in [5.41, 5.74) is 11.8. The van der Waals surface area contributed by atoms with E-state index >= 15 is 14.4 Å². The van der Waals surface area contributed by atoms with Gasteiger partial charge >= 0.3 is 5.97 Å². The molecule has 4 saturated carbocycles. The molecule has 2 spiro atoms. The van der Waals surface area contributed by atoms with Crippen LogP contribution in [0.1, 0.15) is 212 Å². The number of ketones is 2. The maximum Gasteiger partial charge on any atom is 0.350 e. The highest BCUT2D eigenvalue weighted by atomic mass is 16.7. The molecule has 15 rings (SSSR count). The third kappa shape index (κ3) is 10.8. The second-order valence-corrected chi connectivity index (χ2v) is 31.8. The Morgan fingerprint density at radius 1 is 0.880 bits per heavy atom. The van der Waals surface area contributed by atoms with E-state index in [0.29, 0.717) is 68.0 Å². The second kappa shape index (κ2) is 24.5. The van der Waals surface area contributed by atoms with Crippen molar-refractivity contribution >= 4 is 17.5 Å². The van der Waals surface area contributed by atoms with E-state index in [1.807, 2.05) is 31.2 Å². The largest absolute Gasteiger partial charge is 0.508 e. The van der Waals surface area contributed by atoms with Gasteiger partial charge in [0.1, 0.15) is 17.7 Å². The van der Waals surface area contributed by atoms with Gasteiger partial charge in [-0.05, 0) is 221 Å². The average molecular weight is 1250 g/mol. The summed E-state index contributed by atoms with van der Waals surface area (Å²) in [6.07, 6.45) is 35.5. The van der Waals surface area contributed by atoms with Crippen molar-refractivity contribution in [2.24, 2.45) is 58.0 Å². The predicted molar refractivity (Wildman–Crippen MR) is 357 cm³/mol. The topological polar surface area (TPSA) is 220 Å². The molecular formula is C78H102N6O8. The molecular weight excluding hydrogens is 1150 g/mol. The summed E-state index contributed by atoms with van der Waals surface area (Å²) in [6.45, 7) is 5.51. The van der Waals surface area contributed by atoms with E-state index < -0.39 is 58.1 Å². The number of benzene rings is 2. The van der Waals surface area contributed by atoms with Crippen LogP contribution in [-0.2, 0) is 20.7 Å². The molecule has 14 nitrogen and oxygen atoms in total. The van der Waals surface area contributed by atoms with Crippen molar-refractivity contribution in [1.82, 2.24) is 26.6 Å². The summed E-state index contributed by atoms with van der Waals surface area (Å²) in [4.78, 5) is 49.8. The first kappa shape index (κ1) is 62.5. The van der Waals surface area contributed by atoms with Crippen LogP contribution in [0.5, 0.6) is 5.75 Å². The highest BCUT2D eigenvalue weighted by molar-refractivity contribution is 6.33. The number of Topliss-reactive ketones (excluding diaryl/α,β-unsaturated/α-hetero) is 2. The number of aromatic hydroxyl groups is 1. The van der Waals surface area contributed by atoms with Crippen LogP contribution in [0.2, 0.25) is 0 Å². The third-order valence-corrected chi connectivity index (χ3v) is 26.3. The average Bonchev–Trinajstić information content (AvgIpc) is 1.48. The first-order valence-electron chi connectivity index (χ1n) is 36.1. The number of epoxide rings is 1. The fourth-order valence-electron chi connectivity index (χ4n) is 21.5. The lowest BCUT2D eigenvalue weighted by Gasteiger charge is -2.60. The molecule has 11 bridgehead atoms. The lowest BCUT2D eigenvalue weighted by atomic mass is 9.50. The molecule has 6 heterocycles. The maximum absolute atomic E-state index is 16.8. The van der Waals surface area contributed by atoms with E-state index in [4.69, 9.17) is 15.2 Å². The van der Waals surface area contributed by atoms with Crippen LogP contribution in [-0.4, -0.2) is 101 Å². The van der Waals surface area contributed by atoms with Crippen LogP contribution in [0.25, 0.3) is 0 Å².